The van der Waals surface area contributed by atoms with Crippen molar-refractivity contribution in [3.05, 3.63) is 0 Å². The number of hydrogen-bond donors (Lipinski definition) is 0. The van der Waals surface area contributed by atoms with E-state index in [0.29, 0.717) is 0 Å². The molecule has 0 saturated carbocycles. The van der Waals surface area contributed by atoms with Crippen molar-refractivity contribution in [2.24, 2.45) is 0 Å². The fourth-order valence-corrected chi connectivity index (χ4v) is 1.39. The molecule has 0 aromatic heterocycles. The standard InChI is InChI=1S/C9H18Cl2/c1-2-3-4-5-6-7-8-9(10)11/h9H,2-8H2,1H3. The van der Waals surface area contributed by atoms with E-state index in [1.165, 1.54) is 38.5 Å². The molecule has 11 heavy (non-hydrogen) atoms. The molecule has 0 aromatic rings. The highest BCUT2D eigenvalue weighted by molar-refractivity contribution is 6.44. The van der Waals surface area contributed by atoms with Crippen LogP contribution < -0.4 is 0 Å². The number of hydrogen-bond acceptors (Lipinski definition) is 0. The smallest absolute Gasteiger partial charge is 0.105 e. The minimum atomic E-state index is -0.152. The fraction of sp³-hybridized carbons (Fsp3) is 1.00. The van der Waals surface area contributed by atoms with Crippen LogP contribution in [0.15, 0.2) is 0 Å². The second-order valence-electron chi connectivity index (χ2n) is 2.95. The summed E-state index contributed by atoms with van der Waals surface area (Å²) < 4.78 is 0. The van der Waals surface area contributed by atoms with Gasteiger partial charge in [0.1, 0.15) is 4.84 Å². The van der Waals surface area contributed by atoms with E-state index in [1.807, 2.05) is 0 Å². The van der Waals surface area contributed by atoms with Gasteiger partial charge >= 0.3 is 0 Å². The van der Waals surface area contributed by atoms with Crippen molar-refractivity contribution < 1.29 is 0 Å². The molecule has 0 N–H and O–H groups in total. The Morgan fingerprint density at radius 3 is 2.00 bits per heavy atom. The highest BCUT2D eigenvalue weighted by Gasteiger charge is 1.97. The third-order valence-corrected chi connectivity index (χ3v) is 2.21. The first-order valence-electron chi connectivity index (χ1n) is 4.55. The van der Waals surface area contributed by atoms with Crippen LogP contribution in [0.1, 0.15) is 51.9 Å². The van der Waals surface area contributed by atoms with Gasteiger partial charge in [-0.3, -0.25) is 0 Å². The van der Waals surface area contributed by atoms with E-state index in [1.54, 1.807) is 0 Å². The van der Waals surface area contributed by atoms with Gasteiger partial charge in [0.15, 0.2) is 0 Å². The Bertz CT molecular complexity index is 72.0. The van der Waals surface area contributed by atoms with Crippen molar-refractivity contribution in [2.45, 2.75) is 56.7 Å². The van der Waals surface area contributed by atoms with Crippen LogP contribution in [0.4, 0.5) is 0 Å². The minimum absolute atomic E-state index is 0.152. The number of rotatable bonds is 7. The molecule has 0 spiro atoms. The van der Waals surface area contributed by atoms with Crippen molar-refractivity contribution in [2.75, 3.05) is 0 Å². The molecule has 0 saturated heterocycles. The third-order valence-electron chi connectivity index (χ3n) is 1.78. The summed E-state index contributed by atoms with van der Waals surface area (Å²) in [4.78, 5) is -0.152. The van der Waals surface area contributed by atoms with Gasteiger partial charge in [-0.1, -0.05) is 45.4 Å². The first kappa shape index (κ1) is 11.6. The van der Waals surface area contributed by atoms with Gasteiger partial charge in [-0.05, 0) is 6.42 Å². The molecule has 0 heterocycles. The first-order chi connectivity index (χ1) is 5.27. The van der Waals surface area contributed by atoms with Crippen LogP contribution in [0, 0.1) is 0 Å². The maximum atomic E-state index is 5.58. The lowest BCUT2D eigenvalue weighted by molar-refractivity contribution is 0.598. The van der Waals surface area contributed by atoms with E-state index in [9.17, 15) is 0 Å². The molecule has 0 amide bonds. The van der Waals surface area contributed by atoms with Crippen LogP contribution >= 0.6 is 23.2 Å². The topological polar surface area (TPSA) is 0 Å². The summed E-state index contributed by atoms with van der Waals surface area (Å²) in [5.41, 5.74) is 0. The zero-order valence-electron chi connectivity index (χ0n) is 7.28. The Balaban J connectivity index is 2.80. The van der Waals surface area contributed by atoms with Crippen LogP contribution in [-0.2, 0) is 0 Å². The second kappa shape index (κ2) is 8.67. The van der Waals surface area contributed by atoms with Crippen molar-refractivity contribution >= 4 is 23.2 Å². The molecule has 0 aliphatic heterocycles. The van der Waals surface area contributed by atoms with E-state index < -0.39 is 0 Å². The molecular formula is C9H18Cl2. The van der Waals surface area contributed by atoms with Crippen LogP contribution in [0.2, 0.25) is 0 Å². The van der Waals surface area contributed by atoms with Crippen molar-refractivity contribution in [3.8, 4) is 0 Å². The number of unbranched alkanes of at least 4 members (excludes halogenated alkanes) is 5. The van der Waals surface area contributed by atoms with Crippen molar-refractivity contribution in [3.63, 3.8) is 0 Å². The predicted octanol–water partition coefficient (Wildman–Crippen LogP) is 4.54. The molecule has 0 unspecified atom stereocenters. The first-order valence-corrected chi connectivity index (χ1v) is 5.42. The summed E-state index contributed by atoms with van der Waals surface area (Å²) in [5.74, 6) is 0. The quantitative estimate of drug-likeness (QED) is 0.415. The van der Waals surface area contributed by atoms with Gasteiger partial charge in [-0.25, -0.2) is 0 Å². The van der Waals surface area contributed by atoms with Crippen LogP contribution in [0.5, 0.6) is 0 Å². The summed E-state index contributed by atoms with van der Waals surface area (Å²) in [6.45, 7) is 2.23. The van der Waals surface area contributed by atoms with Gasteiger partial charge in [-0.15, -0.1) is 23.2 Å². The molecule has 0 radical (unpaired) electrons. The van der Waals surface area contributed by atoms with Crippen LogP contribution in [0.25, 0.3) is 0 Å². The van der Waals surface area contributed by atoms with Gasteiger partial charge in [0.05, 0.1) is 0 Å². The average molecular weight is 197 g/mol. The Hall–Kier alpha value is 0.580. The summed E-state index contributed by atoms with van der Waals surface area (Å²) in [5, 5.41) is 0. The van der Waals surface area contributed by atoms with E-state index in [-0.39, 0.29) is 4.84 Å². The summed E-state index contributed by atoms with van der Waals surface area (Å²) in [6.07, 6.45) is 8.81. The molecule has 0 rings (SSSR count). The lowest BCUT2D eigenvalue weighted by Crippen LogP contribution is -1.86. The van der Waals surface area contributed by atoms with Gasteiger partial charge in [0.25, 0.3) is 0 Å². The Morgan fingerprint density at radius 2 is 1.45 bits per heavy atom. The Labute approximate surface area is 80.3 Å². The van der Waals surface area contributed by atoms with Gasteiger partial charge in [0.2, 0.25) is 0 Å². The molecule has 0 nitrogen and oxygen atoms in total. The van der Waals surface area contributed by atoms with Crippen molar-refractivity contribution in [1.82, 2.24) is 0 Å². The Kier molecular flexibility index (Phi) is 9.13. The van der Waals surface area contributed by atoms with E-state index in [4.69, 9.17) is 23.2 Å². The SMILES string of the molecule is CCCCCCCCC(Cl)Cl. The second-order valence-corrected chi connectivity index (χ2v) is 4.22. The Morgan fingerprint density at radius 1 is 0.909 bits per heavy atom. The summed E-state index contributed by atoms with van der Waals surface area (Å²) >= 11 is 11.2. The maximum Gasteiger partial charge on any atom is 0.107 e. The fourth-order valence-electron chi connectivity index (χ4n) is 1.08. The normalized spacial score (nSPS) is 10.9. The number of halogens is 2. The molecule has 0 aliphatic carbocycles. The lowest BCUT2D eigenvalue weighted by Gasteiger charge is -2.00. The van der Waals surface area contributed by atoms with Gasteiger partial charge in [-0.2, -0.15) is 0 Å². The van der Waals surface area contributed by atoms with Crippen LogP contribution in [-0.4, -0.2) is 4.84 Å². The van der Waals surface area contributed by atoms with E-state index >= 15 is 0 Å². The summed E-state index contributed by atoms with van der Waals surface area (Å²) in [7, 11) is 0. The van der Waals surface area contributed by atoms with E-state index in [2.05, 4.69) is 6.92 Å². The predicted molar refractivity (Wildman–Crippen MR) is 53.5 cm³/mol. The zero-order valence-corrected chi connectivity index (χ0v) is 8.79. The number of alkyl halides is 2. The highest BCUT2D eigenvalue weighted by Crippen LogP contribution is 2.13. The largest absolute Gasteiger partial charge is 0.107 e. The van der Waals surface area contributed by atoms with Crippen molar-refractivity contribution in [1.29, 1.82) is 0 Å². The molecule has 0 bridgehead atoms. The zero-order chi connectivity index (χ0) is 8.53. The molecule has 0 aromatic carbocycles. The van der Waals surface area contributed by atoms with Crippen LogP contribution in [0.3, 0.4) is 0 Å². The molecule has 68 valence electrons. The van der Waals surface area contributed by atoms with Gasteiger partial charge < -0.3 is 0 Å². The third kappa shape index (κ3) is 10.6. The molecule has 0 aliphatic rings. The molecule has 2 heteroatoms. The summed E-state index contributed by atoms with van der Waals surface area (Å²) in [6, 6.07) is 0. The molecule has 0 atom stereocenters. The molecule has 0 fully saturated rings. The van der Waals surface area contributed by atoms with Gasteiger partial charge in [0, 0.05) is 0 Å². The maximum absolute atomic E-state index is 5.58. The molecular weight excluding hydrogens is 179 g/mol. The highest BCUT2D eigenvalue weighted by atomic mass is 35.5. The minimum Gasteiger partial charge on any atom is -0.105 e. The van der Waals surface area contributed by atoms with E-state index in [0.717, 1.165) is 6.42 Å². The average Bonchev–Trinajstić information content (AvgIpc) is 1.96. The lowest BCUT2D eigenvalue weighted by atomic mass is 10.1. The monoisotopic (exact) mass is 196 g/mol.